The first-order valence-corrected chi connectivity index (χ1v) is 13.3. The van der Waals surface area contributed by atoms with Gasteiger partial charge in [-0.3, -0.25) is 15.0 Å². The van der Waals surface area contributed by atoms with Crippen molar-refractivity contribution in [1.82, 2.24) is 39.7 Å². The van der Waals surface area contributed by atoms with Gasteiger partial charge in [0.15, 0.2) is 5.65 Å². The monoisotopic (exact) mass is 557 g/mol. The van der Waals surface area contributed by atoms with Gasteiger partial charge in [-0.1, -0.05) is 36.4 Å². The average molecular weight is 558 g/mol. The Morgan fingerprint density at radius 3 is 2.54 bits per heavy atom. The molecular formula is C27H28BrN9. The zero-order valence-corrected chi connectivity index (χ0v) is 22.1. The Balaban J connectivity index is 1.30. The van der Waals surface area contributed by atoms with Crippen molar-refractivity contribution in [3.63, 3.8) is 0 Å². The van der Waals surface area contributed by atoms with Crippen LogP contribution in [0.3, 0.4) is 0 Å². The predicted molar refractivity (Wildman–Crippen MR) is 146 cm³/mol. The van der Waals surface area contributed by atoms with Crippen LogP contribution in [0.15, 0.2) is 65.7 Å². The van der Waals surface area contributed by atoms with Crippen molar-refractivity contribution in [3.8, 4) is 22.4 Å². The number of fused-ring (bicyclic) bond motifs is 1. The molecule has 188 valence electrons. The maximum Gasteiger partial charge on any atom is 0.163 e. The molecule has 1 saturated heterocycles. The largest absolute Gasteiger partial charge is 0.325 e. The number of nitrogens with zero attached hydrogens (tertiary/aromatic N) is 7. The van der Waals surface area contributed by atoms with Gasteiger partial charge in [-0.15, -0.1) is 0 Å². The second-order valence-corrected chi connectivity index (χ2v) is 10.2. The molecule has 5 heterocycles. The first-order chi connectivity index (χ1) is 18.1. The van der Waals surface area contributed by atoms with E-state index in [1.807, 2.05) is 41.2 Å². The molecule has 0 amide bonds. The third-order valence-electron chi connectivity index (χ3n) is 7.33. The minimum Gasteiger partial charge on any atom is -0.325 e. The standard InChI is InChI=1S/C27H28BrN9/c1-17(26-31-16-32-35-26)36-11-9-19(10-12-36)25-24(28)23(13-29)37-27(34-25)21(15-33-37)20-7-8-22(30-14-20)18-5-3-2-4-6-18/h2-8,14-17,19H,9-13,29H2,1H3,(H,31,32,35). The number of rotatable bonds is 6. The molecule has 0 radical (unpaired) electrons. The van der Waals surface area contributed by atoms with Crippen molar-refractivity contribution in [3.05, 3.63) is 82.9 Å². The third kappa shape index (κ3) is 4.45. The number of halogens is 1. The molecule has 1 atom stereocenters. The van der Waals surface area contributed by atoms with E-state index in [-0.39, 0.29) is 6.04 Å². The third-order valence-corrected chi connectivity index (χ3v) is 8.20. The second-order valence-electron chi connectivity index (χ2n) is 9.41. The predicted octanol–water partition coefficient (Wildman–Crippen LogP) is 4.74. The number of likely N-dealkylation sites (tertiary alicyclic amines) is 1. The van der Waals surface area contributed by atoms with Crippen molar-refractivity contribution in [1.29, 1.82) is 0 Å². The van der Waals surface area contributed by atoms with Gasteiger partial charge in [0.1, 0.15) is 12.2 Å². The highest BCUT2D eigenvalue weighted by Crippen LogP contribution is 2.37. The molecule has 0 aliphatic carbocycles. The highest BCUT2D eigenvalue weighted by Gasteiger charge is 2.29. The normalized spacial score (nSPS) is 15.9. The first-order valence-electron chi connectivity index (χ1n) is 12.5. The van der Waals surface area contributed by atoms with Gasteiger partial charge in [0.25, 0.3) is 0 Å². The van der Waals surface area contributed by atoms with E-state index in [1.165, 1.54) is 0 Å². The zero-order valence-electron chi connectivity index (χ0n) is 20.5. The van der Waals surface area contributed by atoms with Crippen LogP contribution in [-0.4, -0.2) is 52.8 Å². The molecule has 1 aromatic carbocycles. The maximum atomic E-state index is 6.21. The number of H-pyrrole nitrogens is 1. The molecule has 4 aromatic heterocycles. The molecule has 37 heavy (non-hydrogen) atoms. The van der Waals surface area contributed by atoms with Gasteiger partial charge >= 0.3 is 0 Å². The Bertz CT molecular complexity index is 1490. The maximum absolute atomic E-state index is 6.21. The van der Waals surface area contributed by atoms with Crippen LogP contribution in [0.2, 0.25) is 0 Å². The van der Waals surface area contributed by atoms with Gasteiger partial charge in [-0.2, -0.15) is 10.2 Å². The molecule has 0 bridgehead atoms. The molecule has 10 heteroatoms. The summed E-state index contributed by atoms with van der Waals surface area (Å²) in [6.45, 7) is 4.45. The number of pyridine rings is 1. The summed E-state index contributed by atoms with van der Waals surface area (Å²) in [6, 6.07) is 14.5. The fraction of sp³-hybridized carbons (Fsp3) is 0.296. The van der Waals surface area contributed by atoms with Gasteiger partial charge in [-0.05, 0) is 54.9 Å². The summed E-state index contributed by atoms with van der Waals surface area (Å²) in [5, 5.41) is 11.7. The van der Waals surface area contributed by atoms with E-state index < -0.39 is 0 Å². The van der Waals surface area contributed by atoms with Crippen LogP contribution in [0.4, 0.5) is 0 Å². The van der Waals surface area contributed by atoms with Crippen LogP contribution in [0.25, 0.3) is 28.0 Å². The first kappa shape index (κ1) is 23.9. The van der Waals surface area contributed by atoms with Crippen LogP contribution in [-0.2, 0) is 6.54 Å². The fourth-order valence-corrected chi connectivity index (χ4v) is 5.93. The highest BCUT2D eigenvalue weighted by molar-refractivity contribution is 9.10. The van der Waals surface area contributed by atoms with Gasteiger partial charge < -0.3 is 5.73 Å². The number of nitrogens with one attached hydrogen (secondary N) is 1. The highest BCUT2D eigenvalue weighted by atomic mass is 79.9. The average Bonchev–Trinajstić information content (AvgIpc) is 3.64. The van der Waals surface area contributed by atoms with Gasteiger partial charge in [0.05, 0.1) is 33.8 Å². The number of nitrogens with two attached hydrogens (primary N) is 1. The van der Waals surface area contributed by atoms with Crippen molar-refractivity contribution in [2.45, 2.75) is 38.3 Å². The molecule has 1 unspecified atom stereocenters. The lowest BCUT2D eigenvalue weighted by atomic mass is 9.92. The van der Waals surface area contributed by atoms with E-state index in [1.54, 1.807) is 6.33 Å². The quantitative estimate of drug-likeness (QED) is 0.310. The van der Waals surface area contributed by atoms with E-state index in [0.29, 0.717) is 12.5 Å². The molecule has 1 aliphatic heterocycles. The number of benzene rings is 1. The smallest absolute Gasteiger partial charge is 0.163 e. The summed E-state index contributed by atoms with van der Waals surface area (Å²) in [7, 11) is 0. The van der Waals surface area contributed by atoms with Gasteiger partial charge in [0, 0.05) is 35.3 Å². The Morgan fingerprint density at radius 1 is 1.05 bits per heavy atom. The minimum absolute atomic E-state index is 0.203. The second kappa shape index (κ2) is 10.1. The molecule has 1 aliphatic rings. The van der Waals surface area contributed by atoms with Crippen molar-refractivity contribution in [2.75, 3.05) is 13.1 Å². The molecular weight excluding hydrogens is 530 g/mol. The van der Waals surface area contributed by atoms with Crippen LogP contribution < -0.4 is 5.73 Å². The van der Waals surface area contributed by atoms with Crippen LogP contribution in [0, 0.1) is 0 Å². The summed E-state index contributed by atoms with van der Waals surface area (Å²) in [6.07, 6.45) is 7.33. The van der Waals surface area contributed by atoms with E-state index in [9.17, 15) is 0 Å². The van der Waals surface area contributed by atoms with Crippen LogP contribution in [0.1, 0.15) is 48.9 Å². The molecule has 5 aromatic rings. The summed E-state index contributed by atoms with van der Waals surface area (Å²) < 4.78 is 2.81. The van der Waals surface area contributed by atoms with Crippen molar-refractivity contribution in [2.24, 2.45) is 5.73 Å². The number of hydrogen-bond acceptors (Lipinski definition) is 7. The number of hydrogen-bond donors (Lipinski definition) is 2. The summed E-state index contributed by atoms with van der Waals surface area (Å²) in [5.41, 5.74) is 13.0. The van der Waals surface area contributed by atoms with Crippen LogP contribution in [0.5, 0.6) is 0 Å². The Hall–Kier alpha value is -3.47. The fourth-order valence-electron chi connectivity index (χ4n) is 5.18. The van der Waals surface area contributed by atoms with Gasteiger partial charge in [0.2, 0.25) is 0 Å². The number of piperidine rings is 1. The zero-order chi connectivity index (χ0) is 25.4. The van der Waals surface area contributed by atoms with E-state index >= 15 is 0 Å². The van der Waals surface area contributed by atoms with Crippen molar-refractivity contribution >= 4 is 21.6 Å². The lowest BCUT2D eigenvalue weighted by Gasteiger charge is -2.35. The SMILES string of the molecule is CC(c1ncn[nH]1)N1CCC(c2nc3c(-c4ccc(-c5ccccc5)nc4)cnn3c(CN)c2Br)CC1. The molecule has 9 nitrogen and oxygen atoms in total. The van der Waals surface area contributed by atoms with E-state index in [2.05, 4.69) is 66.2 Å². The number of aromatic nitrogens is 7. The molecule has 0 saturated carbocycles. The molecule has 1 fully saturated rings. The lowest BCUT2D eigenvalue weighted by molar-refractivity contribution is 0.156. The Labute approximate surface area is 223 Å². The summed E-state index contributed by atoms with van der Waals surface area (Å²) >= 11 is 3.82. The number of aromatic amines is 1. The topological polar surface area (TPSA) is 114 Å². The lowest BCUT2D eigenvalue weighted by Crippen LogP contribution is -2.36. The molecule has 3 N–H and O–H groups in total. The van der Waals surface area contributed by atoms with Crippen molar-refractivity contribution < 1.29 is 0 Å². The Morgan fingerprint density at radius 2 is 1.86 bits per heavy atom. The van der Waals surface area contributed by atoms with Gasteiger partial charge in [-0.25, -0.2) is 14.5 Å². The van der Waals surface area contributed by atoms with E-state index in [0.717, 1.165) is 75.6 Å². The Kier molecular flexibility index (Phi) is 6.54. The molecule has 6 rings (SSSR count). The van der Waals surface area contributed by atoms with Crippen LogP contribution >= 0.6 is 15.9 Å². The summed E-state index contributed by atoms with van der Waals surface area (Å²) in [5.74, 6) is 1.23. The summed E-state index contributed by atoms with van der Waals surface area (Å²) in [4.78, 5) is 16.7. The molecule has 0 spiro atoms. The van der Waals surface area contributed by atoms with E-state index in [4.69, 9.17) is 15.7 Å². The minimum atomic E-state index is 0.203.